The largest absolute Gasteiger partial charge is 0.462 e. The maximum atomic E-state index is 12.4. The molecule has 1 aromatic heterocycles. The number of imidazole rings is 1. The zero-order valence-electron chi connectivity index (χ0n) is 19.4. The molecule has 0 unspecified atom stereocenters. The van der Waals surface area contributed by atoms with E-state index in [1.54, 1.807) is 6.20 Å². The molecule has 0 aliphatic heterocycles. The smallest absolute Gasteiger partial charge is 0.323 e. The van der Waals surface area contributed by atoms with Crippen molar-refractivity contribution in [3.63, 3.8) is 0 Å². The van der Waals surface area contributed by atoms with Crippen LogP contribution in [0.3, 0.4) is 0 Å². The molecule has 3 N–H and O–H groups in total. The highest BCUT2D eigenvalue weighted by Crippen LogP contribution is 2.25. The molecule has 0 aliphatic rings. The Balaban J connectivity index is 2.90. The first-order valence-corrected chi connectivity index (χ1v) is 11.9. The van der Waals surface area contributed by atoms with Gasteiger partial charge in [-0.25, -0.2) is 13.4 Å². The average Bonchev–Trinajstić information content (AvgIpc) is 3.06. The normalized spacial score (nSPS) is 16.3. The Morgan fingerprint density at radius 1 is 1.27 bits per heavy atom. The Kier molecular flexibility index (Phi) is 9.04. The molecule has 0 aromatic carbocycles. The summed E-state index contributed by atoms with van der Waals surface area (Å²) in [6.45, 7) is 13.4. The summed E-state index contributed by atoms with van der Waals surface area (Å²) in [5.74, 6) is -0.580. The molecule has 0 radical (unpaired) electrons. The van der Waals surface area contributed by atoms with Crippen molar-refractivity contribution in [3.8, 4) is 0 Å². The van der Waals surface area contributed by atoms with E-state index in [-0.39, 0.29) is 31.1 Å². The number of aromatic nitrogens is 2. The zero-order chi connectivity index (χ0) is 23.3. The van der Waals surface area contributed by atoms with Crippen molar-refractivity contribution in [2.75, 3.05) is 19.4 Å². The molecule has 0 fully saturated rings. The molecule has 1 aromatic rings. The number of hydrogen-bond donors (Lipinski definition) is 2. The highest BCUT2D eigenvalue weighted by atomic mass is 32.2. The number of carbonyl (C=O) groups is 1. The topological polar surface area (TPSA) is 128 Å². The number of rotatable bonds is 10. The Bertz CT molecular complexity index is 766. The Labute approximate surface area is 180 Å². The minimum absolute atomic E-state index is 0.0613. The summed E-state index contributed by atoms with van der Waals surface area (Å²) in [5, 5.41) is 0. The first-order chi connectivity index (χ1) is 13.5. The molecule has 0 saturated heterocycles. The lowest BCUT2D eigenvalue weighted by atomic mass is 9.90. The van der Waals surface area contributed by atoms with Crippen LogP contribution in [-0.2, 0) is 30.7 Å². The van der Waals surface area contributed by atoms with Crippen LogP contribution in [0.2, 0.25) is 0 Å². The molecule has 3 atom stereocenters. The van der Waals surface area contributed by atoms with Crippen molar-refractivity contribution >= 4 is 16.0 Å². The summed E-state index contributed by atoms with van der Waals surface area (Å²) in [7, 11) is -3.50. The van der Waals surface area contributed by atoms with E-state index in [0.717, 1.165) is 11.9 Å². The molecule has 0 spiro atoms. The highest BCUT2D eigenvalue weighted by Gasteiger charge is 2.34. The molecule has 1 rings (SSSR count). The molecule has 30 heavy (non-hydrogen) atoms. The van der Waals surface area contributed by atoms with Gasteiger partial charge < -0.3 is 20.2 Å². The van der Waals surface area contributed by atoms with E-state index in [9.17, 15) is 13.2 Å². The van der Waals surface area contributed by atoms with Gasteiger partial charge in [0, 0.05) is 30.4 Å². The summed E-state index contributed by atoms with van der Waals surface area (Å²) >= 11 is 0. The maximum absolute atomic E-state index is 12.4. The van der Waals surface area contributed by atoms with Crippen molar-refractivity contribution < 1.29 is 22.7 Å². The second-order valence-electron chi connectivity index (χ2n) is 9.75. The van der Waals surface area contributed by atoms with Gasteiger partial charge in [0.2, 0.25) is 10.0 Å². The van der Waals surface area contributed by atoms with Crippen LogP contribution in [-0.4, -0.2) is 71.9 Å². The van der Waals surface area contributed by atoms with Crippen LogP contribution in [0.1, 0.15) is 54.2 Å². The van der Waals surface area contributed by atoms with E-state index in [0.29, 0.717) is 0 Å². The third-order valence-electron chi connectivity index (χ3n) is 4.84. The fourth-order valence-electron chi connectivity index (χ4n) is 2.72. The third kappa shape index (κ3) is 8.71. The standard InChI is InChI=1S/C20H38N4O5S/c1-14(19(2,3)4)29-16(11-24(20(5,6)7)30(8,26)27)12-28-18(25)17(21)9-15-10-22-13-23-15/h10,13-14,16-17H,9,11-12,21H2,1-8H3,(H,22,23)/t14-,16-,17-/m0/s1. The molecule has 0 bridgehead atoms. The number of carbonyl (C=O) groups excluding carboxylic acids is 1. The first-order valence-electron chi connectivity index (χ1n) is 10.0. The molecule has 174 valence electrons. The minimum Gasteiger partial charge on any atom is -0.462 e. The Morgan fingerprint density at radius 2 is 1.87 bits per heavy atom. The molecular formula is C20H38N4O5S. The number of aromatic amines is 1. The lowest BCUT2D eigenvalue weighted by molar-refractivity contribution is -0.153. The van der Waals surface area contributed by atoms with E-state index in [1.807, 2.05) is 48.5 Å². The Hall–Kier alpha value is -1.49. The summed E-state index contributed by atoms with van der Waals surface area (Å²) in [6, 6.07) is -0.861. The van der Waals surface area contributed by atoms with Crippen molar-refractivity contribution in [2.24, 2.45) is 11.1 Å². The maximum Gasteiger partial charge on any atom is 0.323 e. The van der Waals surface area contributed by atoms with Crippen LogP contribution in [0, 0.1) is 5.41 Å². The zero-order valence-corrected chi connectivity index (χ0v) is 20.2. The predicted molar refractivity (Wildman–Crippen MR) is 116 cm³/mol. The van der Waals surface area contributed by atoms with E-state index in [1.165, 1.54) is 10.6 Å². The molecule has 1 heterocycles. The van der Waals surface area contributed by atoms with E-state index in [4.69, 9.17) is 15.2 Å². The average molecular weight is 447 g/mol. The quantitative estimate of drug-likeness (QED) is 0.524. The van der Waals surface area contributed by atoms with Gasteiger partial charge in [0.25, 0.3) is 0 Å². The lowest BCUT2D eigenvalue weighted by Crippen LogP contribution is -2.51. The first kappa shape index (κ1) is 26.5. The van der Waals surface area contributed by atoms with Crippen LogP contribution < -0.4 is 5.73 Å². The fourth-order valence-corrected chi connectivity index (χ4v) is 4.15. The van der Waals surface area contributed by atoms with Crippen LogP contribution in [0.25, 0.3) is 0 Å². The van der Waals surface area contributed by atoms with Gasteiger partial charge in [-0.05, 0) is 33.1 Å². The van der Waals surface area contributed by atoms with Crippen molar-refractivity contribution in [1.29, 1.82) is 0 Å². The van der Waals surface area contributed by atoms with Gasteiger partial charge >= 0.3 is 5.97 Å². The summed E-state index contributed by atoms with van der Waals surface area (Å²) in [5.41, 5.74) is 5.84. The minimum atomic E-state index is -3.50. The van der Waals surface area contributed by atoms with Gasteiger partial charge in [0.1, 0.15) is 18.8 Å². The molecular weight excluding hydrogens is 408 g/mol. The summed E-state index contributed by atoms with van der Waals surface area (Å²) in [4.78, 5) is 19.2. The van der Waals surface area contributed by atoms with Gasteiger partial charge in [-0.15, -0.1) is 0 Å². The van der Waals surface area contributed by atoms with Gasteiger partial charge in [-0.1, -0.05) is 20.8 Å². The second-order valence-corrected chi connectivity index (χ2v) is 11.7. The number of nitrogens with zero attached hydrogens (tertiary/aromatic N) is 2. The number of ether oxygens (including phenoxy) is 2. The number of H-pyrrole nitrogens is 1. The van der Waals surface area contributed by atoms with Crippen LogP contribution in [0.4, 0.5) is 0 Å². The molecule has 9 nitrogen and oxygen atoms in total. The number of esters is 1. The van der Waals surface area contributed by atoms with Crippen molar-refractivity contribution in [2.45, 2.75) is 78.7 Å². The van der Waals surface area contributed by atoms with E-state index in [2.05, 4.69) is 9.97 Å². The van der Waals surface area contributed by atoms with E-state index < -0.39 is 33.7 Å². The molecule has 0 amide bonds. The van der Waals surface area contributed by atoms with E-state index >= 15 is 0 Å². The SMILES string of the molecule is C[C@H](O[C@H](COC(=O)[C@@H](N)Cc1cnc[nH]1)CN(C(C)(C)C)S(C)(=O)=O)C(C)(C)C. The summed E-state index contributed by atoms with van der Waals surface area (Å²) in [6.07, 6.45) is 3.70. The highest BCUT2D eigenvalue weighted by molar-refractivity contribution is 7.88. The van der Waals surface area contributed by atoms with Crippen molar-refractivity contribution in [3.05, 3.63) is 18.2 Å². The van der Waals surface area contributed by atoms with Crippen LogP contribution >= 0.6 is 0 Å². The van der Waals surface area contributed by atoms with Crippen LogP contribution in [0.15, 0.2) is 12.5 Å². The number of hydrogen-bond acceptors (Lipinski definition) is 7. The fraction of sp³-hybridized carbons (Fsp3) is 0.800. The van der Waals surface area contributed by atoms with Gasteiger partial charge in [-0.3, -0.25) is 4.79 Å². The monoisotopic (exact) mass is 446 g/mol. The predicted octanol–water partition coefficient (Wildman–Crippen LogP) is 1.70. The van der Waals surface area contributed by atoms with Crippen LogP contribution in [0.5, 0.6) is 0 Å². The lowest BCUT2D eigenvalue weighted by Gasteiger charge is -2.38. The van der Waals surface area contributed by atoms with Gasteiger partial charge in [0.15, 0.2) is 0 Å². The summed E-state index contributed by atoms with van der Waals surface area (Å²) < 4.78 is 37.6. The molecule has 0 aliphatic carbocycles. The van der Waals surface area contributed by atoms with Gasteiger partial charge in [-0.2, -0.15) is 4.31 Å². The second kappa shape index (κ2) is 10.2. The molecule has 0 saturated carbocycles. The number of nitrogens with two attached hydrogens (primary N) is 1. The van der Waals surface area contributed by atoms with Crippen molar-refractivity contribution in [1.82, 2.24) is 14.3 Å². The third-order valence-corrected chi connectivity index (χ3v) is 6.34. The molecule has 10 heteroatoms. The number of nitrogens with one attached hydrogen (secondary N) is 1. The van der Waals surface area contributed by atoms with Gasteiger partial charge in [0.05, 0.1) is 18.7 Å². The number of sulfonamides is 1. The Morgan fingerprint density at radius 3 is 2.30 bits per heavy atom.